The third kappa shape index (κ3) is 4.95. The number of aromatic nitrogens is 1. The maximum absolute atomic E-state index is 11.6. The van der Waals surface area contributed by atoms with E-state index in [1.807, 2.05) is 13.0 Å². The van der Waals surface area contributed by atoms with Gasteiger partial charge in [-0.3, -0.25) is 14.6 Å². The molecule has 1 unspecified atom stereocenters. The van der Waals surface area contributed by atoms with Crippen LogP contribution in [0.25, 0.3) is 0 Å². The fourth-order valence-corrected chi connectivity index (χ4v) is 1.63. The highest BCUT2D eigenvalue weighted by molar-refractivity contribution is 5.79. The SMILES string of the molecule is CCCC(CNC(=O)Cc1ccccn1)C(=O)O. The molecule has 2 N–H and O–H groups in total. The molecular formula is C13H18N2O3. The average molecular weight is 250 g/mol. The summed E-state index contributed by atoms with van der Waals surface area (Å²) in [6, 6.07) is 5.36. The van der Waals surface area contributed by atoms with Crippen molar-refractivity contribution in [2.45, 2.75) is 26.2 Å². The molecule has 0 aliphatic heterocycles. The molecule has 1 aromatic rings. The summed E-state index contributed by atoms with van der Waals surface area (Å²) in [4.78, 5) is 26.5. The lowest BCUT2D eigenvalue weighted by molar-refractivity contribution is -0.141. The maximum Gasteiger partial charge on any atom is 0.308 e. The van der Waals surface area contributed by atoms with E-state index in [4.69, 9.17) is 5.11 Å². The first-order chi connectivity index (χ1) is 8.63. The van der Waals surface area contributed by atoms with E-state index in [-0.39, 0.29) is 18.9 Å². The Labute approximate surface area is 106 Å². The number of carboxylic acids is 1. The predicted octanol–water partition coefficient (Wildman–Crippen LogP) is 1.24. The molecule has 0 aromatic carbocycles. The van der Waals surface area contributed by atoms with Gasteiger partial charge in [0.2, 0.25) is 5.91 Å². The first-order valence-corrected chi connectivity index (χ1v) is 6.03. The number of amides is 1. The fourth-order valence-electron chi connectivity index (χ4n) is 1.63. The van der Waals surface area contributed by atoms with Crippen LogP contribution >= 0.6 is 0 Å². The van der Waals surface area contributed by atoms with Crippen molar-refractivity contribution in [1.82, 2.24) is 10.3 Å². The van der Waals surface area contributed by atoms with Gasteiger partial charge in [0.15, 0.2) is 0 Å². The number of nitrogens with one attached hydrogen (secondary N) is 1. The lowest BCUT2D eigenvalue weighted by Gasteiger charge is -2.12. The molecule has 0 bridgehead atoms. The van der Waals surface area contributed by atoms with Crippen LogP contribution in [0.15, 0.2) is 24.4 Å². The summed E-state index contributed by atoms with van der Waals surface area (Å²) in [5, 5.41) is 11.6. The van der Waals surface area contributed by atoms with Gasteiger partial charge < -0.3 is 10.4 Å². The predicted molar refractivity (Wildman–Crippen MR) is 67.0 cm³/mol. The number of carbonyl (C=O) groups is 2. The van der Waals surface area contributed by atoms with Crippen molar-refractivity contribution < 1.29 is 14.7 Å². The second kappa shape index (κ2) is 7.42. The van der Waals surface area contributed by atoms with Gasteiger partial charge in [-0.05, 0) is 18.6 Å². The molecule has 18 heavy (non-hydrogen) atoms. The van der Waals surface area contributed by atoms with Crippen LogP contribution in [0.2, 0.25) is 0 Å². The Morgan fingerprint density at radius 1 is 1.44 bits per heavy atom. The van der Waals surface area contributed by atoms with Gasteiger partial charge in [0, 0.05) is 18.4 Å². The molecule has 1 atom stereocenters. The Balaban J connectivity index is 2.38. The average Bonchev–Trinajstić information content (AvgIpc) is 2.35. The molecule has 5 nitrogen and oxygen atoms in total. The van der Waals surface area contributed by atoms with Gasteiger partial charge in [0.1, 0.15) is 0 Å². The summed E-state index contributed by atoms with van der Waals surface area (Å²) in [7, 11) is 0. The van der Waals surface area contributed by atoms with Crippen molar-refractivity contribution in [1.29, 1.82) is 0 Å². The zero-order chi connectivity index (χ0) is 13.4. The van der Waals surface area contributed by atoms with Crippen LogP contribution in [0.4, 0.5) is 0 Å². The van der Waals surface area contributed by atoms with Crippen molar-refractivity contribution in [3.8, 4) is 0 Å². The van der Waals surface area contributed by atoms with E-state index < -0.39 is 11.9 Å². The molecule has 5 heteroatoms. The van der Waals surface area contributed by atoms with E-state index in [2.05, 4.69) is 10.3 Å². The highest BCUT2D eigenvalue weighted by atomic mass is 16.4. The highest BCUT2D eigenvalue weighted by Gasteiger charge is 2.17. The quantitative estimate of drug-likeness (QED) is 0.763. The number of carboxylic acid groups (broad SMARTS) is 1. The van der Waals surface area contributed by atoms with Gasteiger partial charge >= 0.3 is 5.97 Å². The van der Waals surface area contributed by atoms with Crippen molar-refractivity contribution in [2.75, 3.05) is 6.54 Å². The Kier molecular flexibility index (Phi) is 5.84. The van der Waals surface area contributed by atoms with Gasteiger partial charge in [-0.1, -0.05) is 19.4 Å². The monoisotopic (exact) mass is 250 g/mol. The third-order valence-electron chi connectivity index (χ3n) is 2.60. The van der Waals surface area contributed by atoms with E-state index in [1.54, 1.807) is 18.3 Å². The van der Waals surface area contributed by atoms with Gasteiger partial charge in [-0.15, -0.1) is 0 Å². The van der Waals surface area contributed by atoms with Crippen LogP contribution in [0.1, 0.15) is 25.5 Å². The van der Waals surface area contributed by atoms with E-state index in [0.29, 0.717) is 12.1 Å². The molecule has 1 heterocycles. The van der Waals surface area contributed by atoms with Gasteiger partial charge in [0.05, 0.1) is 12.3 Å². The Morgan fingerprint density at radius 3 is 2.78 bits per heavy atom. The second-order valence-electron chi connectivity index (χ2n) is 4.13. The molecule has 0 fully saturated rings. The molecule has 1 aromatic heterocycles. The summed E-state index contributed by atoms with van der Waals surface area (Å²) in [6.07, 6.45) is 3.16. The molecule has 0 aliphatic rings. The zero-order valence-corrected chi connectivity index (χ0v) is 10.4. The number of hydrogen-bond acceptors (Lipinski definition) is 3. The van der Waals surface area contributed by atoms with Crippen LogP contribution in [-0.4, -0.2) is 28.5 Å². The second-order valence-corrected chi connectivity index (χ2v) is 4.13. The Hall–Kier alpha value is -1.91. The summed E-state index contributed by atoms with van der Waals surface area (Å²) >= 11 is 0. The number of rotatable bonds is 7. The number of carbonyl (C=O) groups excluding carboxylic acids is 1. The number of hydrogen-bond donors (Lipinski definition) is 2. The smallest absolute Gasteiger partial charge is 0.308 e. The van der Waals surface area contributed by atoms with Crippen molar-refractivity contribution in [3.63, 3.8) is 0 Å². The zero-order valence-electron chi connectivity index (χ0n) is 10.4. The van der Waals surface area contributed by atoms with E-state index in [0.717, 1.165) is 6.42 Å². The molecule has 0 spiro atoms. The summed E-state index contributed by atoms with van der Waals surface area (Å²) < 4.78 is 0. The Bertz CT molecular complexity index is 392. The van der Waals surface area contributed by atoms with E-state index in [9.17, 15) is 9.59 Å². The van der Waals surface area contributed by atoms with Crippen molar-refractivity contribution >= 4 is 11.9 Å². The molecule has 0 aliphatic carbocycles. The molecule has 1 amide bonds. The van der Waals surface area contributed by atoms with Gasteiger partial charge in [-0.25, -0.2) is 0 Å². The van der Waals surface area contributed by atoms with Gasteiger partial charge in [-0.2, -0.15) is 0 Å². The van der Waals surface area contributed by atoms with Crippen LogP contribution in [0.3, 0.4) is 0 Å². The molecule has 98 valence electrons. The summed E-state index contributed by atoms with van der Waals surface area (Å²) in [5.41, 5.74) is 0.678. The topological polar surface area (TPSA) is 79.3 Å². The van der Waals surface area contributed by atoms with Crippen LogP contribution in [-0.2, 0) is 16.0 Å². The largest absolute Gasteiger partial charge is 0.481 e. The fraction of sp³-hybridized carbons (Fsp3) is 0.462. The maximum atomic E-state index is 11.6. The first-order valence-electron chi connectivity index (χ1n) is 6.03. The molecule has 0 saturated heterocycles. The lowest BCUT2D eigenvalue weighted by Crippen LogP contribution is -2.33. The minimum atomic E-state index is -0.866. The minimum absolute atomic E-state index is 0.175. The third-order valence-corrected chi connectivity index (χ3v) is 2.60. The highest BCUT2D eigenvalue weighted by Crippen LogP contribution is 2.05. The molecular weight excluding hydrogens is 232 g/mol. The summed E-state index contributed by atoms with van der Waals surface area (Å²) in [5.74, 6) is -1.58. The molecule has 1 rings (SSSR count). The minimum Gasteiger partial charge on any atom is -0.481 e. The lowest BCUT2D eigenvalue weighted by atomic mass is 10.0. The molecule has 0 radical (unpaired) electrons. The van der Waals surface area contributed by atoms with Crippen LogP contribution in [0.5, 0.6) is 0 Å². The number of aliphatic carboxylic acids is 1. The van der Waals surface area contributed by atoms with E-state index in [1.165, 1.54) is 0 Å². The van der Waals surface area contributed by atoms with Gasteiger partial charge in [0.25, 0.3) is 0 Å². The standard InChI is InChI=1S/C13H18N2O3/c1-2-5-10(13(17)18)9-15-12(16)8-11-6-3-4-7-14-11/h3-4,6-7,10H,2,5,8-9H2,1H3,(H,15,16)(H,17,18). The van der Waals surface area contributed by atoms with E-state index >= 15 is 0 Å². The van der Waals surface area contributed by atoms with Crippen molar-refractivity contribution in [2.24, 2.45) is 5.92 Å². The normalized spacial score (nSPS) is 11.8. The Morgan fingerprint density at radius 2 is 2.22 bits per heavy atom. The first kappa shape index (κ1) is 14.2. The van der Waals surface area contributed by atoms with Crippen LogP contribution in [0, 0.1) is 5.92 Å². The van der Waals surface area contributed by atoms with Crippen molar-refractivity contribution in [3.05, 3.63) is 30.1 Å². The summed E-state index contributed by atoms with van der Waals surface area (Å²) in [6.45, 7) is 2.10. The molecule has 0 saturated carbocycles. The van der Waals surface area contributed by atoms with Crippen LogP contribution < -0.4 is 5.32 Å². The number of nitrogens with zero attached hydrogens (tertiary/aromatic N) is 1. The number of pyridine rings is 1.